The average molecular weight is 387 g/mol. The Balaban J connectivity index is 2.00. The van der Waals surface area contributed by atoms with Crippen LogP contribution >= 0.6 is 0 Å². The number of benzene rings is 2. The lowest BCUT2D eigenvalue weighted by Crippen LogP contribution is -2.54. The molecule has 0 bridgehead atoms. The van der Waals surface area contributed by atoms with Crippen molar-refractivity contribution in [3.05, 3.63) is 88.0 Å². The van der Waals surface area contributed by atoms with Gasteiger partial charge in [-0.3, -0.25) is 0 Å². The first kappa shape index (κ1) is 19.0. The molecule has 2 aliphatic rings. The third-order valence-electron chi connectivity index (χ3n) is 7.34. The van der Waals surface area contributed by atoms with E-state index in [1.807, 2.05) is 7.11 Å². The van der Waals surface area contributed by atoms with E-state index >= 15 is 0 Å². The zero-order valence-electron chi connectivity index (χ0n) is 17.8. The summed E-state index contributed by atoms with van der Waals surface area (Å²) in [5, 5.41) is 1.43. The Kier molecular flexibility index (Phi) is 4.71. The van der Waals surface area contributed by atoms with Crippen LogP contribution in [0.5, 0.6) is 5.75 Å². The lowest BCUT2D eigenvalue weighted by Gasteiger charge is -2.42. The molecule has 2 aromatic rings. The molecule has 4 rings (SSSR count). The Hall–Kier alpha value is -2.32. The summed E-state index contributed by atoms with van der Waals surface area (Å²) < 4.78 is 5.90. The molecule has 0 fully saturated rings. The van der Waals surface area contributed by atoms with Crippen LogP contribution in [0.4, 0.5) is 0 Å². The van der Waals surface area contributed by atoms with Gasteiger partial charge in [-0.2, -0.15) is 0 Å². The predicted octanol–water partition coefficient (Wildman–Crippen LogP) is 6.39. The largest absolute Gasteiger partial charge is 0.497 e. The molecule has 2 aliphatic carbocycles. The van der Waals surface area contributed by atoms with Crippen molar-refractivity contribution in [3.63, 3.8) is 0 Å². The maximum absolute atomic E-state index is 5.90. The van der Waals surface area contributed by atoms with Crippen LogP contribution < -0.4 is 9.92 Å². The van der Waals surface area contributed by atoms with Crippen LogP contribution in [0.25, 0.3) is 6.08 Å². The van der Waals surface area contributed by atoms with Gasteiger partial charge in [0.2, 0.25) is 0 Å². The van der Waals surface area contributed by atoms with Gasteiger partial charge < -0.3 is 4.74 Å². The second kappa shape index (κ2) is 6.93. The summed E-state index contributed by atoms with van der Waals surface area (Å²) in [6, 6.07) is 17.6. The molecule has 2 atom stereocenters. The van der Waals surface area contributed by atoms with Crippen molar-refractivity contribution >= 4 is 19.3 Å². The van der Waals surface area contributed by atoms with Crippen LogP contribution in [-0.4, -0.2) is 15.2 Å². The van der Waals surface area contributed by atoms with Gasteiger partial charge in [-0.15, -0.1) is 0 Å². The first-order valence-electron chi connectivity index (χ1n) is 10.2. The molecule has 2 heteroatoms. The van der Waals surface area contributed by atoms with E-state index in [9.17, 15) is 0 Å². The highest BCUT2D eigenvalue weighted by Gasteiger charge is 2.50. The number of methoxy groups -OCH3 is 1. The smallest absolute Gasteiger partial charge is 0.118 e. The summed E-state index contributed by atoms with van der Waals surface area (Å²) in [6.45, 7) is 11.9. The molecule has 0 saturated carbocycles. The Morgan fingerprint density at radius 2 is 1.43 bits per heavy atom. The van der Waals surface area contributed by atoms with E-state index < -0.39 is 8.07 Å². The molecule has 0 amide bonds. The number of hydrogen-bond acceptors (Lipinski definition) is 1. The fourth-order valence-electron chi connectivity index (χ4n) is 5.61. The number of ether oxygens (including phenoxy) is 1. The van der Waals surface area contributed by atoms with Gasteiger partial charge in [-0.25, -0.2) is 0 Å². The van der Waals surface area contributed by atoms with E-state index in [1.165, 1.54) is 27.5 Å². The number of hydrogen-bond donors (Lipinski definition) is 0. The summed E-state index contributed by atoms with van der Waals surface area (Å²) in [4.78, 5) is 0. The minimum atomic E-state index is -2.11. The van der Waals surface area contributed by atoms with Gasteiger partial charge >= 0.3 is 0 Å². The lowest BCUT2D eigenvalue weighted by atomic mass is 10.1. The van der Waals surface area contributed by atoms with Crippen LogP contribution in [0.15, 0.2) is 76.9 Å². The van der Waals surface area contributed by atoms with Crippen LogP contribution in [0.1, 0.15) is 44.4 Å². The van der Waals surface area contributed by atoms with E-state index in [2.05, 4.69) is 94.9 Å². The SMILES string of the molecule is COc1ccccc1[Si](C)(C1C(C)=C(C)C(C)=C1C)C1C=Cc2ccccc21. The van der Waals surface area contributed by atoms with Crippen molar-refractivity contribution in [3.8, 4) is 5.75 Å². The second-order valence-corrected chi connectivity index (χ2v) is 12.8. The van der Waals surface area contributed by atoms with Crippen molar-refractivity contribution in [2.45, 2.75) is 45.3 Å². The summed E-state index contributed by atoms with van der Waals surface area (Å²) in [5.41, 5.74) is 9.83. The second-order valence-electron chi connectivity index (χ2n) is 8.50. The molecular formula is C26H30OSi. The van der Waals surface area contributed by atoms with E-state index in [-0.39, 0.29) is 0 Å². The zero-order valence-corrected chi connectivity index (χ0v) is 18.8. The van der Waals surface area contributed by atoms with Crippen LogP contribution in [0.3, 0.4) is 0 Å². The summed E-state index contributed by atoms with van der Waals surface area (Å²) in [6.07, 6.45) is 4.79. The number of allylic oxidation sites excluding steroid dienone is 5. The molecule has 0 spiro atoms. The normalized spacial score (nSPS) is 21.3. The van der Waals surface area contributed by atoms with E-state index in [4.69, 9.17) is 4.74 Å². The number of rotatable bonds is 4. The third kappa shape index (κ3) is 2.58. The summed E-state index contributed by atoms with van der Waals surface area (Å²) in [7, 11) is -0.305. The maximum atomic E-state index is 5.90. The number of fused-ring (bicyclic) bond motifs is 1. The summed E-state index contributed by atoms with van der Waals surface area (Å²) >= 11 is 0. The monoisotopic (exact) mass is 386 g/mol. The zero-order chi connectivity index (χ0) is 20.1. The topological polar surface area (TPSA) is 9.23 Å². The standard InChI is InChI=1S/C26H30OSi/c1-17-18(2)20(4)26(19(17)3)28(6,25-14-10-9-13-23(25)27-5)24-16-15-21-11-7-8-12-22(21)24/h7-16,24,26H,1-6H3. The molecule has 28 heavy (non-hydrogen) atoms. The molecular weight excluding hydrogens is 356 g/mol. The fourth-order valence-corrected chi connectivity index (χ4v) is 11.4. The van der Waals surface area contributed by atoms with Gasteiger partial charge in [0.1, 0.15) is 13.8 Å². The molecule has 0 aliphatic heterocycles. The Labute approximate surface area is 170 Å². The quantitative estimate of drug-likeness (QED) is 0.553. The molecule has 1 nitrogen and oxygen atoms in total. The highest BCUT2D eigenvalue weighted by atomic mass is 28.3. The molecule has 0 N–H and O–H groups in total. The van der Waals surface area contributed by atoms with Crippen molar-refractivity contribution < 1.29 is 4.74 Å². The fraction of sp³-hybridized carbons (Fsp3) is 0.308. The van der Waals surface area contributed by atoms with Gasteiger partial charge in [0.05, 0.1) is 7.11 Å². The van der Waals surface area contributed by atoms with Crippen LogP contribution in [0, 0.1) is 0 Å². The highest BCUT2D eigenvalue weighted by molar-refractivity contribution is 6.95. The van der Waals surface area contributed by atoms with Crippen molar-refractivity contribution in [1.82, 2.24) is 0 Å². The minimum Gasteiger partial charge on any atom is -0.497 e. The lowest BCUT2D eigenvalue weighted by molar-refractivity contribution is 0.417. The molecule has 2 aromatic carbocycles. The molecule has 2 unspecified atom stereocenters. The summed E-state index contributed by atoms with van der Waals surface area (Å²) in [5.74, 6) is 1.04. The minimum absolute atomic E-state index is 0.439. The molecule has 0 radical (unpaired) electrons. The first-order chi connectivity index (χ1) is 13.4. The van der Waals surface area contributed by atoms with E-state index in [0.717, 1.165) is 5.75 Å². The van der Waals surface area contributed by atoms with Gasteiger partial charge in [0.25, 0.3) is 0 Å². The molecule has 0 saturated heterocycles. The van der Waals surface area contributed by atoms with Gasteiger partial charge in [-0.1, -0.05) is 72.3 Å². The first-order valence-corrected chi connectivity index (χ1v) is 12.8. The highest BCUT2D eigenvalue weighted by Crippen LogP contribution is 2.53. The van der Waals surface area contributed by atoms with Crippen LogP contribution in [-0.2, 0) is 0 Å². The van der Waals surface area contributed by atoms with Crippen LogP contribution in [0.2, 0.25) is 12.1 Å². The van der Waals surface area contributed by atoms with E-state index in [1.54, 1.807) is 11.1 Å². The number of para-hydroxylation sites is 1. The Bertz CT molecular complexity index is 1000. The van der Waals surface area contributed by atoms with Crippen molar-refractivity contribution in [2.24, 2.45) is 0 Å². The van der Waals surface area contributed by atoms with Gasteiger partial charge in [0, 0.05) is 11.1 Å². The Morgan fingerprint density at radius 3 is 2.11 bits per heavy atom. The molecule has 144 valence electrons. The molecule has 0 aromatic heterocycles. The maximum Gasteiger partial charge on any atom is 0.118 e. The predicted molar refractivity (Wildman–Crippen MR) is 123 cm³/mol. The Morgan fingerprint density at radius 1 is 0.821 bits per heavy atom. The van der Waals surface area contributed by atoms with Gasteiger partial charge in [-0.05, 0) is 61.2 Å². The molecule has 0 heterocycles. The van der Waals surface area contributed by atoms with Crippen molar-refractivity contribution in [1.29, 1.82) is 0 Å². The van der Waals surface area contributed by atoms with E-state index in [0.29, 0.717) is 11.1 Å². The third-order valence-corrected chi connectivity index (χ3v) is 12.8. The average Bonchev–Trinajstić information content (AvgIpc) is 3.24. The van der Waals surface area contributed by atoms with Crippen molar-refractivity contribution in [2.75, 3.05) is 7.11 Å². The van der Waals surface area contributed by atoms with Gasteiger partial charge in [0.15, 0.2) is 0 Å².